The lowest BCUT2D eigenvalue weighted by Crippen LogP contribution is -2.31. The zero-order chi connectivity index (χ0) is 12.9. The summed E-state index contributed by atoms with van der Waals surface area (Å²) in [6.07, 6.45) is -4.73. The normalized spacial score (nSPS) is 13.6. The van der Waals surface area contributed by atoms with Gasteiger partial charge in [0.2, 0.25) is 6.10 Å². The molecule has 92 valence electrons. The summed E-state index contributed by atoms with van der Waals surface area (Å²) in [5.41, 5.74) is 0.605. The van der Waals surface area contributed by atoms with Crippen LogP contribution in [0.3, 0.4) is 0 Å². The van der Waals surface area contributed by atoms with Gasteiger partial charge in [-0.1, -0.05) is 36.4 Å². The average molecular weight is 244 g/mol. The van der Waals surface area contributed by atoms with E-state index in [1.54, 1.807) is 30.3 Å². The standard InChI is InChI=1S/C12H11F3O2/c1-9(16)17-11(12(13,14)15)8-7-10-5-3-2-4-6-10/h2-8,11H,1H3/b8-7-. The Labute approximate surface area is 96.7 Å². The smallest absolute Gasteiger partial charge is 0.429 e. The number of halogens is 3. The van der Waals surface area contributed by atoms with Gasteiger partial charge >= 0.3 is 12.1 Å². The molecule has 5 heteroatoms. The molecule has 0 saturated carbocycles. The van der Waals surface area contributed by atoms with Crippen LogP contribution in [0.5, 0.6) is 0 Å². The summed E-state index contributed by atoms with van der Waals surface area (Å²) < 4.78 is 41.5. The molecule has 0 amide bonds. The Kier molecular flexibility index (Phi) is 4.31. The molecular formula is C12H11F3O2. The van der Waals surface area contributed by atoms with E-state index in [1.807, 2.05) is 0 Å². The van der Waals surface area contributed by atoms with Gasteiger partial charge in [-0.3, -0.25) is 4.79 Å². The van der Waals surface area contributed by atoms with E-state index in [-0.39, 0.29) is 0 Å². The van der Waals surface area contributed by atoms with Crippen molar-refractivity contribution >= 4 is 12.0 Å². The van der Waals surface area contributed by atoms with Crippen LogP contribution in [0.4, 0.5) is 13.2 Å². The third-order valence-corrected chi connectivity index (χ3v) is 1.88. The van der Waals surface area contributed by atoms with Crippen LogP contribution in [0.15, 0.2) is 36.4 Å². The van der Waals surface area contributed by atoms with Crippen LogP contribution in [0.25, 0.3) is 6.08 Å². The van der Waals surface area contributed by atoms with Crippen molar-refractivity contribution < 1.29 is 22.7 Å². The SMILES string of the molecule is CC(=O)OC(/C=C\c1ccccc1)C(F)(F)F. The summed E-state index contributed by atoms with van der Waals surface area (Å²) in [7, 11) is 0. The third-order valence-electron chi connectivity index (χ3n) is 1.88. The molecule has 2 nitrogen and oxygen atoms in total. The van der Waals surface area contributed by atoms with Gasteiger partial charge in [-0.25, -0.2) is 0 Å². The van der Waals surface area contributed by atoms with Gasteiger partial charge in [0.1, 0.15) is 0 Å². The molecule has 0 N–H and O–H groups in total. The predicted molar refractivity (Wildman–Crippen MR) is 57.1 cm³/mol. The van der Waals surface area contributed by atoms with E-state index in [0.29, 0.717) is 5.56 Å². The molecule has 17 heavy (non-hydrogen) atoms. The highest BCUT2D eigenvalue weighted by Crippen LogP contribution is 2.24. The topological polar surface area (TPSA) is 26.3 Å². The van der Waals surface area contributed by atoms with Crippen LogP contribution in [-0.4, -0.2) is 18.2 Å². The van der Waals surface area contributed by atoms with Crippen molar-refractivity contribution in [2.45, 2.75) is 19.2 Å². The van der Waals surface area contributed by atoms with E-state index in [9.17, 15) is 18.0 Å². The van der Waals surface area contributed by atoms with Gasteiger partial charge in [0.05, 0.1) is 0 Å². The number of carbonyl (C=O) groups excluding carboxylic acids is 1. The summed E-state index contributed by atoms with van der Waals surface area (Å²) in [5.74, 6) is -0.968. The van der Waals surface area contributed by atoms with Crippen molar-refractivity contribution in [3.8, 4) is 0 Å². The number of alkyl halides is 3. The van der Waals surface area contributed by atoms with Crippen molar-refractivity contribution in [1.29, 1.82) is 0 Å². The maximum atomic E-state index is 12.5. The second-order valence-corrected chi connectivity index (χ2v) is 3.34. The minimum atomic E-state index is -4.60. The lowest BCUT2D eigenvalue weighted by Gasteiger charge is -2.16. The lowest BCUT2D eigenvalue weighted by atomic mass is 10.2. The van der Waals surface area contributed by atoms with Gasteiger partial charge in [-0.15, -0.1) is 0 Å². The zero-order valence-electron chi connectivity index (χ0n) is 9.07. The summed E-state index contributed by atoms with van der Waals surface area (Å²) in [6.45, 7) is 0.940. The maximum Gasteiger partial charge on any atom is 0.429 e. The van der Waals surface area contributed by atoms with Crippen LogP contribution in [-0.2, 0) is 9.53 Å². The molecule has 1 rings (SSSR count). The molecule has 0 spiro atoms. The molecule has 1 unspecified atom stereocenters. The fourth-order valence-corrected chi connectivity index (χ4v) is 1.16. The molecule has 0 aliphatic heterocycles. The summed E-state index contributed by atoms with van der Waals surface area (Å²) in [5, 5.41) is 0. The molecule has 0 fully saturated rings. The molecule has 0 heterocycles. The molecular weight excluding hydrogens is 233 g/mol. The number of esters is 1. The van der Waals surface area contributed by atoms with Crippen molar-refractivity contribution in [3.05, 3.63) is 42.0 Å². The highest BCUT2D eigenvalue weighted by Gasteiger charge is 2.40. The lowest BCUT2D eigenvalue weighted by molar-refractivity contribution is -0.206. The Balaban J connectivity index is 2.80. The van der Waals surface area contributed by atoms with Crippen LogP contribution in [0.1, 0.15) is 12.5 Å². The first-order chi connectivity index (χ1) is 7.89. The van der Waals surface area contributed by atoms with E-state index < -0.39 is 18.2 Å². The third kappa shape index (κ3) is 4.72. The van der Waals surface area contributed by atoms with Crippen molar-refractivity contribution in [1.82, 2.24) is 0 Å². The van der Waals surface area contributed by atoms with Crippen molar-refractivity contribution in [2.75, 3.05) is 0 Å². The molecule has 1 atom stereocenters. The van der Waals surface area contributed by atoms with Crippen molar-refractivity contribution in [2.24, 2.45) is 0 Å². The molecule has 0 aliphatic rings. The zero-order valence-corrected chi connectivity index (χ0v) is 9.07. The van der Waals surface area contributed by atoms with E-state index in [1.165, 1.54) is 6.08 Å². The first-order valence-electron chi connectivity index (χ1n) is 4.87. The quantitative estimate of drug-likeness (QED) is 0.763. The van der Waals surface area contributed by atoms with E-state index in [2.05, 4.69) is 4.74 Å². The van der Waals surface area contributed by atoms with Crippen LogP contribution < -0.4 is 0 Å². The number of carbonyl (C=O) groups is 1. The molecule has 1 aromatic carbocycles. The highest BCUT2D eigenvalue weighted by molar-refractivity contribution is 5.66. The molecule has 0 aromatic heterocycles. The first kappa shape index (κ1) is 13.3. The number of hydrogen-bond donors (Lipinski definition) is 0. The first-order valence-corrected chi connectivity index (χ1v) is 4.87. The maximum absolute atomic E-state index is 12.5. The Morgan fingerprint density at radius 2 is 1.88 bits per heavy atom. The Bertz CT molecular complexity index is 396. The highest BCUT2D eigenvalue weighted by atomic mass is 19.4. The Morgan fingerprint density at radius 1 is 1.29 bits per heavy atom. The molecule has 0 aliphatic carbocycles. The molecule has 0 bridgehead atoms. The minimum Gasteiger partial charge on any atom is -0.449 e. The van der Waals surface area contributed by atoms with Gasteiger partial charge in [-0.2, -0.15) is 13.2 Å². The minimum absolute atomic E-state index is 0.605. The van der Waals surface area contributed by atoms with Crippen LogP contribution in [0.2, 0.25) is 0 Å². The number of hydrogen-bond acceptors (Lipinski definition) is 2. The van der Waals surface area contributed by atoms with E-state index in [4.69, 9.17) is 0 Å². The van der Waals surface area contributed by atoms with Gasteiger partial charge in [0, 0.05) is 6.92 Å². The summed E-state index contributed by atoms with van der Waals surface area (Å²) in [4.78, 5) is 10.6. The molecule has 0 saturated heterocycles. The fraction of sp³-hybridized carbons (Fsp3) is 0.250. The van der Waals surface area contributed by atoms with Crippen LogP contribution in [0, 0.1) is 0 Å². The van der Waals surface area contributed by atoms with Gasteiger partial charge < -0.3 is 4.74 Å². The second-order valence-electron chi connectivity index (χ2n) is 3.34. The average Bonchev–Trinajstić information content (AvgIpc) is 2.23. The molecule has 1 aromatic rings. The number of rotatable bonds is 3. The number of benzene rings is 1. The van der Waals surface area contributed by atoms with Gasteiger partial charge in [0.15, 0.2) is 0 Å². The monoisotopic (exact) mass is 244 g/mol. The van der Waals surface area contributed by atoms with E-state index in [0.717, 1.165) is 13.0 Å². The van der Waals surface area contributed by atoms with E-state index >= 15 is 0 Å². The molecule has 0 radical (unpaired) electrons. The van der Waals surface area contributed by atoms with Gasteiger partial charge in [-0.05, 0) is 11.6 Å². The summed E-state index contributed by atoms with van der Waals surface area (Å²) >= 11 is 0. The van der Waals surface area contributed by atoms with Crippen LogP contribution >= 0.6 is 0 Å². The van der Waals surface area contributed by atoms with Crippen molar-refractivity contribution in [3.63, 3.8) is 0 Å². The number of ether oxygens (including phenoxy) is 1. The predicted octanol–water partition coefficient (Wildman–Crippen LogP) is 3.19. The largest absolute Gasteiger partial charge is 0.449 e. The Morgan fingerprint density at radius 3 is 2.35 bits per heavy atom. The summed E-state index contributed by atoms with van der Waals surface area (Å²) in [6, 6.07) is 8.46. The second kappa shape index (κ2) is 5.52. The Hall–Kier alpha value is -1.78. The van der Waals surface area contributed by atoms with Gasteiger partial charge in [0.25, 0.3) is 0 Å². The fourth-order valence-electron chi connectivity index (χ4n) is 1.16.